The Labute approximate surface area is 165 Å². The minimum Gasteiger partial charge on any atom is -0.216 e. The minimum atomic E-state index is -3.66. The molecular formula is C20H25N5O2S. The van der Waals surface area contributed by atoms with Crippen LogP contribution in [0.3, 0.4) is 0 Å². The highest BCUT2D eigenvalue weighted by molar-refractivity contribution is 7.89. The second-order valence-corrected chi connectivity index (χ2v) is 8.64. The van der Waals surface area contributed by atoms with Gasteiger partial charge in [-0.2, -0.15) is 5.10 Å². The van der Waals surface area contributed by atoms with Gasteiger partial charge in [-0.1, -0.05) is 36.8 Å². The first-order chi connectivity index (χ1) is 13.2. The molecule has 0 aliphatic carbocycles. The fraction of sp³-hybridized carbons (Fsp3) is 0.350. The number of sulfonamides is 1. The van der Waals surface area contributed by atoms with Crippen molar-refractivity contribution in [2.75, 3.05) is 0 Å². The molecule has 148 valence electrons. The zero-order chi connectivity index (χ0) is 20.5. The highest BCUT2D eigenvalue weighted by Gasteiger charge is 2.26. The lowest BCUT2D eigenvalue weighted by atomic mass is 10.1. The van der Waals surface area contributed by atoms with Gasteiger partial charge in [-0.15, -0.1) is 10.2 Å². The molecule has 8 heteroatoms. The number of rotatable bonds is 6. The van der Waals surface area contributed by atoms with Gasteiger partial charge in [-0.25, -0.2) is 17.8 Å². The summed E-state index contributed by atoms with van der Waals surface area (Å²) in [5, 5.41) is 12.9. The maximum absolute atomic E-state index is 12.8. The molecule has 0 aliphatic heterocycles. The van der Waals surface area contributed by atoms with Gasteiger partial charge in [0.15, 0.2) is 5.82 Å². The Morgan fingerprint density at radius 1 is 1.04 bits per heavy atom. The van der Waals surface area contributed by atoms with Crippen LogP contribution >= 0.6 is 0 Å². The maximum atomic E-state index is 12.8. The van der Waals surface area contributed by atoms with Crippen molar-refractivity contribution in [2.24, 2.45) is 0 Å². The third kappa shape index (κ3) is 3.98. The molecule has 0 saturated carbocycles. The fourth-order valence-corrected chi connectivity index (χ4v) is 4.68. The summed E-state index contributed by atoms with van der Waals surface area (Å²) >= 11 is 0. The van der Waals surface area contributed by atoms with Crippen molar-refractivity contribution in [3.8, 4) is 17.1 Å². The summed E-state index contributed by atoms with van der Waals surface area (Å²) in [5.41, 5.74) is 3.83. The molecule has 0 radical (unpaired) electrons. The van der Waals surface area contributed by atoms with Gasteiger partial charge >= 0.3 is 0 Å². The normalized spacial score (nSPS) is 12.9. The molecule has 3 rings (SSSR count). The molecule has 0 aliphatic rings. The highest BCUT2D eigenvalue weighted by Crippen LogP contribution is 2.23. The number of benzene rings is 1. The second kappa shape index (κ2) is 7.81. The average Bonchev–Trinajstić information content (AvgIpc) is 2.97. The van der Waals surface area contributed by atoms with Gasteiger partial charge in [0.05, 0.1) is 17.1 Å². The van der Waals surface area contributed by atoms with Crippen molar-refractivity contribution in [1.82, 2.24) is 24.7 Å². The largest absolute Gasteiger partial charge is 0.244 e. The molecule has 2 aromatic heterocycles. The first-order valence-electron chi connectivity index (χ1n) is 9.22. The van der Waals surface area contributed by atoms with Crippen LogP contribution < -0.4 is 4.72 Å². The Morgan fingerprint density at radius 2 is 1.71 bits per heavy atom. The second-order valence-electron chi connectivity index (χ2n) is 6.99. The van der Waals surface area contributed by atoms with E-state index in [9.17, 15) is 8.42 Å². The van der Waals surface area contributed by atoms with Gasteiger partial charge in [0.25, 0.3) is 0 Å². The summed E-state index contributed by atoms with van der Waals surface area (Å²) < 4.78 is 29.7. The lowest BCUT2D eigenvalue weighted by Gasteiger charge is -2.12. The highest BCUT2D eigenvalue weighted by atomic mass is 32.2. The molecule has 0 saturated heterocycles. The molecule has 0 spiro atoms. The number of hydrogen-bond acceptors (Lipinski definition) is 5. The van der Waals surface area contributed by atoms with Crippen LogP contribution in [0.4, 0.5) is 0 Å². The van der Waals surface area contributed by atoms with Crippen LogP contribution in [0.25, 0.3) is 17.1 Å². The van der Waals surface area contributed by atoms with Crippen molar-refractivity contribution in [3.05, 3.63) is 53.3 Å². The first kappa shape index (κ1) is 20.2. The van der Waals surface area contributed by atoms with Crippen LogP contribution in [0.15, 0.2) is 41.3 Å². The standard InChI is InChI=1S/C20H25N5O2S/c1-6-14(3)24-28(26,27)20-15(4)23-25(16(20)5)19-12-11-18(21-22-19)17-9-7-13(2)8-10-17/h7-12,14,24H,6H2,1-5H3/t14-/m1/s1. The van der Waals surface area contributed by atoms with Gasteiger partial charge in [0.1, 0.15) is 4.90 Å². The van der Waals surface area contributed by atoms with Crippen LogP contribution in [-0.4, -0.2) is 34.4 Å². The molecule has 1 N–H and O–H groups in total. The maximum Gasteiger partial charge on any atom is 0.244 e. The predicted molar refractivity (Wildman–Crippen MR) is 109 cm³/mol. The van der Waals surface area contributed by atoms with E-state index >= 15 is 0 Å². The zero-order valence-corrected chi connectivity index (χ0v) is 17.6. The van der Waals surface area contributed by atoms with E-state index in [4.69, 9.17) is 0 Å². The van der Waals surface area contributed by atoms with Crippen molar-refractivity contribution in [1.29, 1.82) is 0 Å². The Hall–Kier alpha value is -2.58. The Bertz CT molecular complexity index is 1070. The average molecular weight is 400 g/mol. The van der Waals surface area contributed by atoms with Crippen molar-refractivity contribution >= 4 is 10.0 Å². The molecular weight excluding hydrogens is 374 g/mol. The topological polar surface area (TPSA) is 89.8 Å². The SMILES string of the molecule is CC[C@@H](C)NS(=O)(=O)c1c(C)nn(-c2ccc(-c3ccc(C)cc3)nn2)c1C. The van der Waals surface area contributed by atoms with Crippen LogP contribution in [0.5, 0.6) is 0 Å². The van der Waals surface area contributed by atoms with Crippen LogP contribution in [0.1, 0.15) is 37.2 Å². The van der Waals surface area contributed by atoms with Crippen molar-refractivity contribution in [2.45, 2.75) is 52.0 Å². The van der Waals surface area contributed by atoms with Crippen molar-refractivity contribution in [3.63, 3.8) is 0 Å². The van der Waals surface area contributed by atoms with Gasteiger partial charge < -0.3 is 0 Å². The van der Waals surface area contributed by atoms with E-state index in [1.807, 2.05) is 51.1 Å². The van der Waals surface area contributed by atoms with E-state index in [1.54, 1.807) is 19.9 Å². The molecule has 1 atom stereocenters. The van der Waals surface area contributed by atoms with Crippen LogP contribution in [0.2, 0.25) is 0 Å². The Balaban J connectivity index is 1.96. The van der Waals surface area contributed by atoms with E-state index in [0.717, 1.165) is 11.3 Å². The summed E-state index contributed by atoms with van der Waals surface area (Å²) in [6.45, 7) is 9.20. The van der Waals surface area contributed by atoms with Crippen LogP contribution in [0, 0.1) is 20.8 Å². The molecule has 3 aromatic rings. The number of nitrogens with zero attached hydrogens (tertiary/aromatic N) is 4. The number of aromatic nitrogens is 4. The molecule has 1 aromatic carbocycles. The Kier molecular flexibility index (Phi) is 5.62. The third-order valence-corrected chi connectivity index (χ3v) is 6.52. The Morgan fingerprint density at radius 3 is 2.29 bits per heavy atom. The molecule has 0 fully saturated rings. The summed E-state index contributed by atoms with van der Waals surface area (Å²) in [5.74, 6) is 0.474. The number of aryl methyl sites for hydroxylation is 2. The fourth-order valence-electron chi connectivity index (χ4n) is 2.96. The van der Waals surface area contributed by atoms with Gasteiger partial charge in [-0.05, 0) is 46.2 Å². The van der Waals surface area contributed by atoms with Gasteiger partial charge in [0.2, 0.25) is 10.0 Å². The third-order valence-electron chi connectivity index (χ3n) is 4.68. The summed E-state index contributed by atoms with van der Waals surface area (Å²) in [4.78, 5) is 0.192. The van der Waals surface area contributed by atoms with Gasteiger partial charge in [-0.3, -0.25) is 0 Å². The number of nitrogens with one attached hydrogen (secondary N) is 1. The molecule has 0 amide bonds. The molecule has 7 nitrogen and oxygen atoms in total. The van der Waals surface area contributed by atoms with Crippen LogP contribution in [-0.2, 0) is 10.0 Å². The van der Waals surface area contributed by atoms with E-state index in [0.29, 0.717) is 23.6 Å². The molecule has 28 heavy (non-hydrogen) atoms. The molecule has 0 unspecified atom stereocenters. The van der Waals surface area contributed by atoms with E-state index in [-0.39, 0.29) is 10.9 Å². The van der Waals surface area contributed by atoms with Crippen molar-refractivity contribution < 1.29 is 8.42 Å². The van der Waals surface area contributed by atoms with Gasteiger partial charge in [0, 0.05) is 11.6 Å². The molecule has 2 heterocycles. The quantitative estimate of drug-likeness (QED) is 0.687. The minimum absolute atomic E-state index is 0.152. The summed E-state index contributed by atoms with van der Waals surface area (Å²) in [7, 11) is -3.66. The first-order valence-corrected chi connectivity index (χ1v) is 10.7. The lowest BCUT2D eigenvalue weighted by molar-refractivity contribution is 0.554. The lowest BCUT2D eigenvalue weighted by Crippen LogP contribution is -2.32. The van der Waals surface area contributed by atoms with E-state index in [2.05, 4.69) is 20.0 Å². The smallest absolute Gasteiger partial charge is 0.216 e. The summed E-state index contributed by atoms with van der Waals surface area (Å²) in [6.07, 6.45) is 0.706. The molecule has 0 bridgehead atoms. The summed E-state index contributed by atoms with van der Waals surface area (Å²) in [6, 6.07) is 11.5. The van der Waals surface area contributed by atoms with E-state index < -0.39 is 10.0 Å². The zero-order valence-electron chi connectivity index (χ0n) is 16.8. The monoisotopic (exact) mass is 399 g/mol. The van der Waals surface area contributed by atoms with E-state index in [1.165, 1.54) is 10.2 Å². The predicted octanol–water partition coefficient (Wildman–Crippen LogP) is 3.33. The number of hydrogen-bond donors (Lipinski definition) is 1.